The number of amides is 2. The van der Waals surface area contributed by atoms with E-state index >= 15 is 0 Å². The molecule has 3 aromatic rings. The molecule has 0 unspecified atom stereocenters. The molecular weight excluding hydrogens is 383 g/mol. The minimum absolute atomic E-state index is 0.0901. The summed E-state index contributed by atoms with van der Waals surface area (Å²) in [5.41, 5.74) is 7.36. The molecule has 0 heterocycles. The lowest BCUT2D eigenvalue weighted by atomic mass is 9.90. The van der Waals surface area contributed by atoms with Crippen LogP contribution < -0.4 is 11.1 Å². The van der Waals surface area contributed by atoms with Crippen LogP contribution in [0.2, 0.25) is 10.0 Å². The van der Waals surface area contributed by atoms with Gasteiger partial charge in [0.05, 0.1) is 27.2 Å². The molecule has 0 fully saturated rings. The average Bonchev–Trinajstić information content (AvgIpc) is 2.65. The van der Waals surface area contributed by atoms with Crippen LogP contribution >= 0.6 is 23.2 Å². The van der Waals surface area contributed by atoms with Gasteiger partial charge in [-0.05, 0) is 23.3 Å². The summed E-state index contributed by atoms with van der Waals surface area (Å²) in [6.45, 7) is 0. The van der Waals surface area contributed by atoms with Gasteiger partial charge in [-0.3, -0.25) is 9.59 Å². The minimum atomic E-state index is -0.699. The van der Waals surface area contributed by atoms with Gasteiger partial charge in [0.15, 0.2) is 0 Å². The second-order valence-corrected chi connectivity index (χ2v) is 6.73. The Bertz CT molecular complexity index is 937. The molecule has 3 rings (SSSR count). The van der Waals surface area contributed by atoms with Crippen molar-refractivity contribution in [3.63, 3.8) is 0 Å². The molecule has 3 N–H and O–H groups in total. The van der Waals surface area contributed by atoms with Gasteiger partial charge in [-0.15, -0.1) is 0 Å². The SMILES string of the molecule is NC(=O)c1cc(NC(=O)C(c2ccccc2)c2ccccc2)c(Cl)cc1Cl. The van der Waals surface area contributed by atoms with Gasteiger partial charge in [0.2, 0.25) is 11.8 Å². The summed E-state index contributed by atoms with van der Waals surface area (Å²) in [5, 5.41) is 3.15. The number of carbonyl (C=O) groups excluding carboxylic acids is 2. The highest BCUT2D eigenvalue weighted by molar-refractivity contribution is 6.38. The van der Waals surface area contributed by atoms with Crippen molar-refractivity contribution in [1.82, 2.24) is 0 Å². The van der Waals surface area contributed by atoms with Gasteiger partial charge in [0, 0.05) is 0 Å². The molecule has 0 bridgehead atoms. The number of hydrogen-bond acceptors (Lipinski definition) is 2. The lowest BCUT2D eigenvalue weighted by Gasteiger charge is -2.19. The van der Waals surface area contributed by atoms with Crippen LogP contribution in [0, 0.1) is 0 Å². The summed E-state index contributed by atoms with van der Waals surface area (Å²) in [5.74, 6) is -1.53. The van der Waals surface area contributed by atoms with E-state index in [9.17, 15) is 9.59 Å². The second kappa shape index (κ2) is 8.25. The topological polar surface area (TPSA) is 72.2 Å². The Balaban J connectivity index is 1.99. The molecule has 6 heteroatoms. The van der Waals surface area contributed by atoms with E-state index in [2.05, 4.69) is 5.32 Å². The molecule has 3 aromatic carbocycles. The normalized spacial score (nSPS) is 10.6. The first kappa shape index (κ1) is 19.0. The zero-order valence-electron chi connectivity index (χ0n) is 14.2. The van der Waals surface area contributed by atoms with E-state index in [1.165, 1.54) is 12.1 Å². The van der Waals surface area contributed by atoms with Crippen molar-refractivity contribution in [1.29, 1.82) is 0 Å². The number of carbonyl (C=O) groups is 2. The van der Waals surface area contributed by atoms with Crippen molar-refractivity contribution < 1.29 is 9.59 Å². The van der Waals surface area contributed by atoms with Gasteiger partial charge in [0.1, 0.15) is 0 Å². The third-order valence-electron chi connectivity index (χ3n) is 4.11. The zero-order valence-corrected chi connectivity index (χ0v) is 15.7. The number of primary amides is 1. The molecule has 0 spiro atoms. The van der Waals surface area contributed by atoms with E-state index in [1.807, 2.05) is 60.7 Å². The maximum absolute atomic E-state index is 13.1. The third-order valence-corrected chi connectivity index (χ3v) is 4.73. The summed E-state index contributed by atoms with van der Waals surface area (Å²) in [7, 11) is 0. The van der Waals surface area contributed by atoms with Crippen LogP contribution in [0.4, 0.5) is 5.69 Å². The Hall–Kier alpha value is -2.82. The molecule has 136 valence electrons. The third kappa shape index (κ3) is 4.30. The molecule has 0 radical (unpaired) electrons. The van der Waals surface area contributed by atoms with E-state index in [4.69, 9.17) is 28.9 Å². The van der Waals surface area contributed by atoms with Crippen molar-refractivity contribution in [2.24, 2.45) is 5.73 Å². The number of benzene rings is 3. The van der Waals surface area contributed by atoms with Crippen LogP contribution in [-0.4, -0.2) is 11.8 Å². The summed E-state index contributed by atoms with van der Waals surface area (Å²) >= 11 is 12.2. The molecule has 4 nitrogen and oxygen atoms in total. The summed E-state index contributed by atoms with van der Waals surface area (Å²) in [4.78, 5) is 24.6. The van der Waals surface area contributed by atoms with E-state index in [0.29, 0.717) is 0 Å². The lowest BCUT2D eigenvalue weighted by molar-refractivity contribution is -0.116. The fourth-order valence-corrected chi connectivity index (χ4v) is 3.35. The van der Waals surface area contributed by atoms with Gasteiger partial charge >= 0.3 is 0 Å². The first-order valence-electron chi connectivity index (χ1n) is 8.17. The number of rotatable bonds is 5. The predicted octanol–water partition coefficient (Wildman–Crippen LogP) is 4.86. The Morgan fingerprint density at radius 1 is 0.815 bits per heavy atom. The Kier molecular flexibility index (Phi) is 5.79. The number of hydrogen-bond donors (Lipinski definition) is 2. The van der Waals surface area contributed by atoms with Crippen molar-refractivity contribution in [3.8, 4) is 0 Å². The maximum atomic E-state index is 13.1. The summed E-state index contributed by atoms with van der Waals surface area (Å²) < 4.78 is 0. The van der Waals surface area contributed by atoms with Crippen LogP contribution in [0.3, 0.4) is 0 Å². The van der Waals surface area contributed by atoms with Crippen molar-refractivity contribution in [3.05, 3.63) is 99.5 Å². The molecule has 0 aliphatic heterocycles. The molecular formula is C21H16Cl2N2O2. The quantitative estimate of drug-likeness (QED) is 0.643. The maximum Gasteiger partial charge on any atom is 0.250 e. The van der Waals surface area contributed by atoms with Crippen LogP contribution in [-0.2, 0) is 4.79 Å². The molecule has 0 aromatic heterocycles. The summed E-state index contributed by atoms with van der Waals surface area (Å²) in [6, 6.07) is 21.6. The molecule has 0 aliphatic rings. The first-order chi connectivity index (χ1) is 13.0. The predicted molar refractivity (Wildman–Crippen MR) is 108 cm³/mol. The fraction of sp³-hybridized carbons (Fsp3) is 0.0476. The lowest BCUT2D eigenvalue weighted by Crippen LogP contribution is -2.23. The molecule has 0 aliphatic carbocycles. The van der Waals surface area contributed by atoms with Gasteiger partial charge < -0.3 is 11.1 Å². The highest BCUT2D eigenvalue weighted by atomic mass is 35.5. The van der Waals surface area contributed by atoms with Crippen molar-refractivity contribution >= 4 is 40.7 Å². The highest BCUT2D eigenvalue weighted by Gasteiger charge is 2.24. The van der Waals surface area contributed by atoms with Crippen molar-refractivity contribution in [2.45, 2.75) is 5.92 Å². The Morgan fingerprint density at radius 2 is 1.33 bits per heavy atom. The fourth-order valence-electron chi connectivity index (χ4n) is 2.82. The Labute approximate surface area is 166 Å². The van der Waals surface area contributed by atoms with E-state index < -0.39 is 11.8 Å². The highest BCUT2D eigenvalue weighted by Crippen LogP contribution is 2.32. The van der Waals surface area contributed by atoms with Gasteiger partial charge in [0.25, 0.3) is 0 Å². The molecule has 27 heavy (non-hydrogen) atoms. The number of anilines is 1. The molecule has 2 amide bonds. The Morgan fingerprint density at radius 3 is 1.81 bits per heavy atom. The number of nitrogens with one attached hydrogen (secondary N) is 1. The molecule has 0 saturated heterocycles. The molecule has 0 atom stereocenters. The van der Waals surface area contributed by atoms with Crippen LogP contribution in [0.15, 0.2) is 72.8 Å². The smallest absolute Gasteiger partial charge is 0.250 e. The van der Waals surface area contributed by atoms with Gasteiger partial charge in [-0.25, -0.2) is 0 Å². The number of nitrogens with two attached hydrogens (primary N) is 1. The zero-order chi connectivity index (χ0) is 19.4. The van der Waals surface area contributed by atoms with Gasteiger partial charge in [-0.2, -0.15) is 0 Å². The minimum Gasteiger partial charge on any atom is -0.366 e. The standard InChI is InChI=1S/C21H16Cl2N2O2/c22-16-12-17(23)18(11-15(16)20(24)26)25-21(27)19(13-7-3-1-4-8-13)14-9-5-2-6-10-14/h1-12,19H,(H2,24,26)(H,25,27). The summed E-state index contributed by atoms with van der Waals surface area (Å²) in [6.07, 6.45) is 0. The largest absolute Gasteiger partial charge is 0.366 e. The van der Waals surface area contributed by atoms with Crippen LogP contribution in [0.1, 0.15) is 27.4 Å². The van der Waals surface area contributed by atoms with E-state index in [-0.39, 0.29) is 27.2 Å². The molecule has 0 saturated carbocycles. The first-order valence-corrected chi connectivity index (χ1v) is 8.92. The number of halogens is 2. The van der Waals surface area contributed by atoms with E-state index in [1.54, 1.807) is 0 Å². The van der Waals surface area contributed by atoms with Crippen LogP contribution in [0.25, 0.3) is 0 Å². The van der Waals surface area contributed by atoms with Crippen molar-refractivity contribution in [2.75, 3.05) is 5.32 Å². The van der Waals surface area contributed by atoms with E-state index in [0.717, 1.165) is 11.1 Å². The average molecular weight is 399 g/mol. The second-order valence-electron chi connectivity index (χ2n) is 5.92. The van der Waals surface area contributed by atoms with Gasteiger partial charge in [-0.1, -0.05) is 83.9 Å². The van der Waals surface area contributed by atoms with Crippen LogP contribution in [0.5, 0.6) is 0 Å². The monoisotopic (exact) mass is 398 g/mol.